The molecule has 114 valence electrons. The van der Waals surface area contributed by atoms with Gasteiger partial charge in [-0.1, -0.05) is 43.7 Å². The number of hydrogen-bond acceptors (Lipinski definition) is 2. The molecule has 0 saturated heterocycles. The number of imidazole rings is 1. The van der Waals surface area contributed by atoms with Gasteiger partial charge < -0.3 is 5.43 Å². The fourth-order valence-electron chi connectivity index (χ4n) is 2.23. The van der Waals surface area contributed by atoms with E-state index >= 15 is 0 Å². The molecule has 1 aromatic carbocycles. The highest BCUT2D eigenvalue weighted by molar-refractivity contribution is 5.64. The molecule has 0 spiro atoms. The lowest BCUT2D eigenvalue weighted by molar-refractivity contribution is -0.140. The van der Waals surface area contributed by atoms with Crippen molar-refractivity contribution in [2.45, 2.75) is 32.9 Å². The number of hydrogen-bond donors (Lipinski definition) is 1. The van der Waals surface area contributed by atoms with Crippen LogP contribution < -0.4 is 5.43 Å². The van der Waals surface area contributed by atoms with Crippen molar-refractivity contribution in [3.8, 4) is 11.3 Å². The van der Waals surface area contributed by atoms with Crippen molar-refractivity contribution in [2.75, 3.05) is 12.5 Å². The Balaban J connectivity index is 2.74. The molecule has 0 fully saturated rings. The summed E-state index contributed by atoms with van der Waals surface area (Å²) in [4.78, 5) is 3.83. The van der Waals surface area contributed by atoms with Gasteiger partial charge in [0.2, 0.25) is 0 Å². The highest BCUT2D eigenvalue weighted by atomic mass is 19.4. The van der Waals surface area contributed by atoms with Crippen LogP contribution in [-0.2, 0) is 6.18 Å². The molecule has 3 nitrogen and oxygen atoms in total. The highest BCUT2D eigenvalue weighted by Crippen LogP contribution is 2.38. The van der Waals surface area contributed by atoms with E-state index in [-0.39, 0.29) is 11.6 Å². The minimum Gasteiger partial charge on any atom is -0.327 e. The predicted molar refractivity (Wildman–Crippen MR) is 76.8 cm³/mol. The summed E-state index contributed by atoms with van der Waals surface area (Å²) in [6.07, 6.45) is -4.49. The molecular weight excluding hydrogens is 279 g/mol. The van der Waals surface area contributed by atoms with Gasteiger partial charge in [-0.3, -0.25) is 0 Å². The van der Waals surface area contributed by atoms with Gasteiger partial charge >= 0.3 is 6.18 Å². The van der Waals surface area contributed by atoms with Crippen molar-refractivity contribution in [3.05, 3.63) is 41.3 Å². The van der Waals surface area contributed by atoms with Crippen LogP contribution in [0.1, 0.15) is 36.8 Å². The summed E-state index contributed by atoms with van der Waals surface area (Å²) in [5, 5.41) is 0. The molecule has 0 saturated carbocycles. The molecule has 0 amide bonds. The van der Waals surface area contributed by atoms with Gasteiger partial charge in [0.1, 0.15) is 11.5 Å². The van der Waals surface area contributed by atoms with Gasteiger partial charge in [0.05, 0.1) is 0 Å². The van der Waals surface area contributed by atoms with Crippen molar-refractivity contribution in [2.24, 2.45) is 0 Å². The molecule has 1 N–H and O–H groups in total. The summed E-state index contributed by atoms with van der Waals surface area (Å²) in [5.74, 6) is 0.234. The van der Waals surface area contributed by atoms with Crippen molar-refractivity contribution in [1.82, 2.24) is 9.66 Å². The minimum absolute atomic E-state index is 0.0497. The maximum Gasteiger partial charge on any atom is 0.435 e. The molecule has 0 unspecified atom stereocenters. The zero-order valence-corrected chi connectivity index (χ0v) is 12.4. The minimum atomic E-state index is -4.49. The molecule has 2 aromatic rings. The van der Waals surface area contributed by atoms with Crippen molar-refractivity contribution >= 4 is 0 Å². The van der Waals surface area contributed by atoms with E-state index in [9.17, 15) is 13.2 Å². The van der Waals surface area contributed by atoms with Gasteiger partial charge in [0.15, 0.2) is 5.69 Å². The van der Waals surface area contributed by atoms with Gasteiger partial charge in [-0.15, -0.1) is 0 Å². The van der Waals surface area contributed by atoms with Crippen LogP contribution in [0.15, 0.2) is 24.3 Å². The number of halogens is 3. The fraction of sp³-hybridized carbons (Fsp3) is 0.400. The lowest BCUT2D eigenvalue weighted by Crippen LogP contribution is -2.16. The second-order valence-corrected chi connectivity index (χ2v) is 5.24. The molecule has 21 heavy (non-hydrogen) atoms. The van der Waals surface area contributed by atoms with Crippen LogP contribution >= 0.6 is 0 Å². The van der Waals surface area contributed by atoms with Crippen LogP contribution in [0.5, 0.6) is 0 Å². The maximum atomic E-state index is 13.3. The van der Waals surface area contributed by atoms with Crippen LogP contribution in [0, 0.1) is 6.92 Å². The summed E-state index contributed by atoms with van der Waals surface area (Å²) < 4.78 is 41.3. The van der Waals surface area contributed by atoms with Crippen LogP contribution in [0.4, 0.5) is 13.2 Å². The van der Waals surface area contributed by atoms with Gasteiger partial charge in [-0.2, -0.15) is 13.2 Å². The number of nitrogens with zero attached hydrogens (tertiary/aromatic N) is 2. The predicted octanol–water partition coefficient (Wildman–Crippen LogP) is 4.17. The molecule has 0 bridgehead atoms. The Bertz CT molecular complexity index is 625. The summed E-state index contributed by atoms with van der Waals surface area (Å²) >= 11 is 0. The summed E-state index contributed by atoms with van der Waals surface area (Å²) in [6, 6.07) is 6.94. The molecule has 0 atom stereocenters. The normalized spacial score (nSPS) is 12.0. The first kappa shape index (κ1) is 15.4. The molecule has 0 aliphatic rings. The molecule has 1 heterocycles. The first-order valence-corrected chi connectivity index (χ1v) is 6.70. The summed E-state index contributed by atoms with van der Waals surface area (Å²) in [6.45, 7) is 5.52. The topological polar surface area (TPSA) is 29.9 Å². The van der Waals surface area contributed by atoms with Gasteiger partial charge in [0.25, 0.3) is 0 Å². The Morgan fingerprint density at radius 1 is 1.14 bits per heavy atom. The van der Waals surface area contributed by atoms with Crippen LogP contribution in [0.2, 0.25) is 0 Å². The largest absolute Gasteiger partial charge is 0.435 e. The Hall–Kier alpha value is -1.98. The van der Waals surface area contributed by atoms with E-state index in [2.05, 4.69) is 10.4 Å². The van der Waals surface area contributed by atoms with E-state index in [1.54, 1.807) is 31.3 Å². The van der Waals surface area contributed by atoms with Gasteiger partial charge in [-0.25, -0.2) is 9.66 Å². The maximum absolute atomic E-state index is 13.3. The molecular formula is C15H18F3N3. The summed E-state index contributed by atoms with van der Waals surface area (Å²) in [5.41, 5.74) is 3.48. The molecule has 1 aromatic heterocycles. The van der Waals surface area contributed by atoms with E-state index < -0.39 is 11.9 Å². The summed E-state index contributed by atoms with van der Waals surface area (Å²) in [7, 11) is 1.59. The monoisotopic (exact) mass is 297 g/mol. The standard InChI is InChI=1S/C15H18F3N3/c1-9(2)14-20-13(15(16,17)18)12(21(14)19-4)11-7-5-10(3)6-8-11/h5-9,19H,1-4H3. The first-order chi connectivity index (χ1) is 9.75. The average molecular weight is 297 g/mol. The van der Waals surface area contributed by atoms with Crippen molar-refractivity contribution < 1.29 is 13.2 Å². The first-order valence-electron chi connectivity index (χ1n) is 6.70. The van der Waals surface area contributed by atoms with Crippen molar-refractivity contribution in [3.63, 3.8) is 0 Å². The van der Waals surface area contributed by atoms with Crippen LogP contribution in [0.3, 0.4) is 0 Å². The second kappa shape index (κ2) is 5.42. The van der Waals surface area contributed by atoms with Gasteiger partial charge in [0, 0.05) is 18.5 Å². The lowest BCUT2D eigenvalue weighted by atomic mass is 10.1. The van der Waals surface area contributed by atoms with E-state index in [0.29, 0.717) is 11.4 Å². The third kappa shape index (κ3) is 2.89. The van der Waals surface area contributed by atoms with E-state index in [0.717, 1.165) is 5.56 Å². The number of rotatable bonds is 3. The van der Waals surface area contributed by atoms with E-state index in [1.165, 1.54) is 4.68 Å². The molecule has 6 heteroatoms. The zero-order chi connectivity index (χ0) is 15.8. The van der Waals surface area contributed by atoms with E-state index in [1.807, 2.05) is 20.8 Å². The third-order valence-electron chi connectivity index (χ3n) is 3.24. The SMILES string of the molecule is CNn1c(C(C)C)nc(C(F)(F)F)c1-c1ccc(C)cc1. The number of benzene rings is 1. The Labute approximate surface area is 121 Å². The van der Waals surface area contributed by atoms with E-state index in [4.69, 9.17) is 0 Å². The zero-order valence-electron chi connectivity index (χ0n) is 12.4. The van der Waals surface area contributed by atoms with Gasteiger partial charge in [-0.05, 0) is 6.92 Å². The quantitative estimate of drug-likeness (QED) is 0.921. The molecule has 0 aliphatic heterocycles. The Morgan fingerprint density at radius 3 is 2.14 bits per heavy atom. The van der Waals surface area contributed by atoms with Crippen molar-refractivity contribution in [1.29, 1.82) is 0 Å². The molecule has 0 radical (unpaired) electrons. The Morgan fingerprint density at radius 2 is 1.71 bits per heavy atom. The highest BCUT2D eigenvalue weighted by Gasteiger charge is 2.39. The Kier molecular flexibility index (Phi) is 3.98. The second-order valence-electron chi connectivity index (χ2n) is 5.24. The van der Waals surface area contributed by atoms with Crippen LogP contribution in [-0.4, -0.2) is 16.7 Å². The molecule has 2 rings (SSSR count). The lowest BCUT2D eigenvalue weighted by Gasteiger charge is -2.14. The molecule has 0 aliphatic carbocycles. The third-order valence-corrected chi connectivity index (χ3v) is 3.24. The number of alkyl halides is 3. The number of aryl methyl sites for hydroxylation is 1. The number of nitrogens with one attached hydrogen (secondary N) is 1. The smallest absolute Gasteiger partial charge is 0.327 e. The fourth-order valence-corrected chi connectivity index (χ4v) is 2.23. The average Bonchev–Trinajstić information content (AvgIpc) is 2.79. The number of aromatic nitrogens is 2. The van der Waals surface area contributed by atoms with Crippen LogP contribution in [0.25, 0.3) is 11.3 Å².